The second-order valence-electron chi connectivity index (χ2n) is 6.23. The van der Waals surface area contributed by atoms with Crippen molar-refractivity contribution < 1.29 is 8.42 Å². The van der Waals surface area contributed by atoms with Gasteiger partial charge in [-0.05, 0) is 43.4 Å². The summed E-state index contributed by atoms with van der Waals surface area (Å²) in [6.45, 7) is 6.21. The highest BCUT2D eigenvalue weighted by atomic mass is 32.2. The predicted octanol–water partition coefficient (Wildman–Crippen LogP) is 4.95. The van der Waals surface area contributed by atoms with Gasteiger partial charge < -0.3 is 0 Å². The Hall–Kier alpha value is -1.61. The van der Waals surface area contributed by atoms with Crippen LogP contribution in [-0.2, 0) is 9.84 Å². The summed E-state index contributed by atoms with van der Waals surface area (Å²) >= 11 is 0. The summed E-state index contributed by atoms with van der Waals surface area (Å²) in [6, 6.07) is 16.7. The van der Waals surface area contributed by atoms with E-state index in [0.29, 0.717) is 17.2 Å². The lowest BCUT2D eigenvalue weighted by molar-refractivity contribution is 0.525. The smallest absolute Gasteiger partial charge is 0.185 e. The zero-order chi connectivity index (χ0) is 16.2. The lowest BCUT2D eigenvalue weighted by atomic mass is 10.0. The molecule has 0 aliphatic heterocycles. The Bertz CT molecular complexity index is 686. The molecule has 2 aromatic carbocycles. The van der Waals surface area contributed by atoms with Gasteiger partial charge in [-0.15, -0.1) is 0 Å². The van der Waals surface area contributed by atoms with Crippen molar-refractivity contribution in [3.8, 4) is 0 Å². The molecule has 2 aromatic rings. The average Bonchev–Trinajstić information content (AvgIpc) is 2.48. The standard InChI is InChI=1S/C19H24O2S/c1-15(2)9-14-19(17-7-5-4-6-8-17)22(20,21)18-12-10-16(3)11-13-18/h4-8,10-13,15,19H,9,14H2,1-3H3. The summed E-state index contributed by atoms with van der Waals surface area (Å²) in [4.78, 5) is 0.413. The first-order valence-electron chi connectivity index (χ1n) is 7.77. The zero-order valence-corrected chi connectivity index (χ0v) is 14.3. The highest BCUT2D eigenvalue weighted by Crippen LogP contribution is 2.33. The molecule has 1 atom stereocenters. The Morgan fingerprint density at radius 1 is 0.864 bits per heavy atom. The van der Waals surface area contributed by atoms with E-state index in [0.717, 1.165) is 17.5 Å². The van der Waals surface area contributed by atoms with E-state index in [9.17, 15) is 8.42 Å². The third kappa shape index (κ3) is 3.98. The Labute approximate surface area is 134 Å². The van der Waals surface area contributed by atoms with Crippen molar-refractivity contribution in [3.05, 3.63) is 65.7 Å². The summed E-state index contributed by atoms with van der Waals surface area (Å²) in [5, 5.41) is -0.473. The third-order valence-corrected chi connectivity index (χ3v) is 6.09. The largest absolute Gasteiger partial charge is 0.223 e. The average molecular weight is 316 g/mol. The van der Waals surface area contributed by atoms with Crippen molar-refractivity contribution in [3.63, 3.8) is 0 Å². The molecule has 0 radical (unpaired) electrons. The van der Waals surface area contributed by atoms with Gasteiger partial charge in [0.2, 0.25) is 0 Å². The topological polar surface area (TPSA) is 34.1 Å². The molecular formula is C19H24O2S. The molecule has 0 heterocycles. The van der Waals surface area contributed by atoms with Crippen molar-refractivity contribution in [2.24, 2.45) is 5.92 Å². The highest BCUT2D eigenvalue weighted by Gasteiger charge is 2.28. The summed E-state index contributed by atoms with van der Waals surface area (Å²) in [6.07, 6.45) is 1.54. The van der Waals surface area contributed by atoms with Gasteiger partial charge in [-0.1, -0.05) is 61.9 Å². The minimum atomic E-state index is -3.37. The van der Waals surface area contributed by atoms with Gasteiger partial charge in [0.05, 0.1) is 10.1 Å². The minimum absolute atomic E-state index is 0.413. The molecule has 0 aliphatic carbocycles. The minimum Gasteiger partial charge on any atom is -0.223 e. The molecule has 2 rings (SSSR count). The number of sulfone groups is 1. The van der Waals surface area contributed by atoms with Gasteiger partial charge in [0, 0.05) is 0 Å². The van der Waals surface area contributed by atoms with Crippen molar-refractivity contribution >= 4 is 9.84 Å². The number of hydrogen-bond acceptors (Lipinski definition) is 2. The zero-order valence-electron chi connectivity index (χ0n) is 13.5. The summed E-state index contributed by atoms with van der Waals surface area (Å²) < 4.78 is 26.1. The van der Waals surface area contributed by atoms with E-state index in [1.807, 2.05) is 49.4 Å². The predicted molar refractivity (Wildman–Crippen MR) is 91.6 cm³/mol. The van der Waals surface area contributed by atoms with E-state index in [4.69, 9.17) is 0 Å². The van der Waals surface area contributed by atoms with Gasteiger partial charge in [0.15, 0.2) is 9.84 Å². The Morgan fingerprint density at radius 3 is 2.00 bits per heavy atom. The highest BCUT2D eigenvalue weighted by molar-refractivity contribution is 7.91. The summed E-state index contributed by atoms with van der Waals surface area (Å²) in [7, 11) is -3.37. The first-order valence-corrected chi connectivity index (χ1v) is 9.31. The van der Waals surface area contributed by atoms with E-state index < -0.39 is 15.1 Å². The molecule has 0 saturated carbocycles. The van der Waals surface area contributed by atoms with Crippen LogP contribution in [0.1, 0.15) is 43.1 Å². The maximum atomic E-state index is 13.1. The SMILES string of the molecule is Cc1ccc(S(=O)(=O)C(CCC(C)C)c2ccccc2)cc1. The van der Waals surface area contributed by atoms with Crippen LogP contribution in [0.5, 0.6) is 0 Å². The van der Waals surface area contributed by atoms with Crippen LogP contribution in [0, 0.1) is 12.8 Å². The van der Waals surface area contributed by atoms with Crippen LogP contribution in [0.15, 0.2) is 59.5 Å². The third-order valence-electron chi connectivity index (χ3n) is 3.90. The monoisotopic (exact) mass is 316 g/mol. The van der Waals surface area contributed by atoms with E-state index >= 15 is 0 Å². The van der Waals surface area contributed by atoms with Crippen LogP contribution in [0.3, 0.4) is 0 Å². The number of rotatable bonds is 6. The molecule has 2 nitrogen and oxygen atoms in total. The van der Waals surface area contributed by atoms with Gasteiger partial charge in [-0.25, -0.2) is 8.42 Å². The van der Waals surface area contributed by atoms with Gasteiger partial charge >= 0.3 is 0 Å². The van der Waals surface area contributed by atoms with Crippen LogP contribution in [-0.4, -0.2) is 8.42 Å². The van der Waals surface area contributed by atoms with E-state index in [-0.39, 0.29) is 0 Å². The molecule has 0 spiro atoms. The fraction of sp³-hybridized carbons (Fsp3) is 0.368. The second kappa shape index (κ2) is 7.10. The van der Waals surface area contributed by atoms with Gasteiger partial charge in [-0.3, -0.25) is 0 Å². The summed E-state index contributed by atoms with van der Waals surface area (Å²) in [5.41, 5.74) is 1.95. The first kappa shape index (κ1) is 16.8. The van der Waals surface area contributed by atoms with Crippen LogP contribution in [0.2, 0.25) is 0 Å². The molecule has 1 unspecified atom stereocenters. The van der Waals surface area contributed by atoms with Gasteiger partial charge in [-0.2, -0.15) is 0 Å². The van der Waals surface area contributed by atoms with Crippen molar-refractivity contribution in [2.75, 3.05) is 0 Å². The van der Waals surface area contributed by atoms with E-state index in [1.54, 1.807) is 12.1 Å². The maximum absolute atomic E-state index is 13.1. The normalized spacial score (nSPS) is 13.3. The number of benzene rings is 2. The molecule has 0 aliphatic rings. The van der Waals surface area contributed by atoms with E-state index in [2.05, 4.69) is 13.8 Å². The molecule has 22 heavy (non-hydrogen) atoms. The molecule has 0 bridgehead atoms. The van der Waals surface area contributed by atoms with Crippen LogP contribution in [0.25, 0.3) is 0 Å². The van der Waals surface area contributed by atoms with Crippen LogP contribution in [0.4, 0.5) is 0 Å². The molecule has 0 aromatic heterocycles. The van der Waals surface area contributed by atoms with Crippen molar-refractivity contribution in [1.82, 2.24) is 0 Å². The fourth-order valence-corrected chi connectivity index (χ4v) is 4.35. The number of aryl methyl sites for hydroxylation is 1. The lowest BCUT2D eigenvalue weighted by Gasteiger charge is -2.19. The van der Waals surface area contributed by atoms with E-state index in [1.165, 1.54) is 0 Å². The Balaban J connectivity index is 2.41. The second-order valence-corrected chi connectivity index (χ2v) is 8.36. The molecule has 3 heteroatoms. The van der Waals surface area contributed by atoms with Crippen LogP contribution < -0.4 is 0 Å². The fourth-order valence-electron chi connectivity index (χ4n) is 2.55. The van der Waals surface area contributed by atoms with Crippen LogP contribution >= 0.6 is 0 Å². The molecule has 0 fully saturated rings. The molecule has 0 amide bonds. The maximum Gasteiger partial charge on any atom is 0.185 e. The van der Waals surface area contributed by atoms with Crippen molar-refractivity contribution in [1.29, 1.82) is 0 Å². The summed E-state index contributed by atoms with van der Waals surface area (Å²) in [5.74, 6) is 0.486. The molecule has 0 N–H and O–H groups in total. The quantitative estimate of drug-likeness (QED) is 0.756. The Kier molecular flexibility index (Phi) is 5.41. The van der Waals surface area contributed by atoms with Gasteiger partial charge in [0.1, 0.15) is 0 Å². The lowest BCUT2D eigenvalue weighted by Crippen LogP contribution is -2.15. The molecular weight excluding hydrogens is 292 g/mol. The molecule has 0 saturated heterocycles. The van der Waals surface area contributed by atoms with Crippen molar-refractivity contribution in [2.45, 2.75) is 43.8 Å². The molecule has 118 valence electrons. The Morgan fingerprint density at radius 2 is 1.45 bits per heavy atom. The first-order chi connectivity index (χ1) is 10.4. The van der Waals surface area contributed by atoms with Gasteiger partial charge in [0.25, 0.3) is 0 Å². The number of hydrogen-bond donors (Lipinski definition) is 0.